The maximum Gasteiger partial charge on any atom is 0.258 e. The standard InChI is InChI=1S/C22H16F2N2O2S/c23-15-7-11-17(12-8-15)26-20(27)13-29-22(26)14-5-9-16(10-6-14)25-21(28)18-3-1-2-4-19(18)24/h1-12,22H,13H2,(H,25,28)/t22-/m0/s1. The molecule has 3 aromatic rings. The van der Waals surface area contributed by atoms with Gasteiger partial charge in [0.1, 0.15) is 17.0 Å². The van der Waals surface area contributed by atoms with E-state index >= 15 is 0 Å². The van der Waals surface area contributed by atoms with Crippen molar-refractivity contribution < 1.29 is 18.4 Å². The van der Waals surface area contributed by atoms with E-state index in [-0.39, 0.29) is 22.7 Å². The van der Waals surface area contributed by atoms with E-state index in [2.05, 4.69) is 5.32 Å². The molecule has 0 aromatic heterocycles. The highest BCUT2D eigenvalue weighted by molar-refractivity contribution is 8.00. The molecule has 0 saturated carbocycles. The van der Waals surface area contributed by atoms with Crippen LogP contribution in [0.4, 0.5) is 20.2 Å². The number of anilines is 2. The van der Waals surface area contributed by atoms with Crippen molar-refractivity contribution in [2.45, 2.75) is 5.37 Å². The lowest BCUT2D eigenvalue weighted by Crippen LogP contribution is -2.27. The summed E-state index contributed by atoms with van der Waals surface area (Å²) >= 11 is 1.47. The molecule has 1 fully saturated rings. The van der Waals surface area contributed by atoms with Crippen molar-refractivity contribution in [3.63, 3.8) is 0 Å². The molecule has 29 heavy (non-hydrogen) atoms. The van der Waals surface area contributed by atoms with Crippen LogP contribution in [0.25, 0.3) is 0 Å². The first kappa shape index (κ1) is 19.1. The van der Waals surface area contributed by atoms with E-state index in [0.717, 1.165) is 5.56 Å². The summed E-state index contributed by atoms with van der Waals surface area (Å²) in [5, 5.41) is 2.42. The average molecular weight is 410 g/mol. The Morgan fingerprint density at radius 1 is 0.966 bits per heavy atom. The lowest BCUT2D eigenvalue weighted by Gasteiger charge is -2.24. The third-order valence-corrected chi connectivity index (χ3v) is 5.76. The van der Waals surface area contributed by atoms with Crippen LogP contribution in [0.15, 0.2) is 72.8 Å². The first-order valence-electron chi connectivity index (χ1n) is 8.88. The second-order valence-corrected chi connectivity index (χ2v) is 7.53. The van der Waals surface area contributed by atoms with Crippen molar-refractivity contribution in [1.29, 1.82) is 0 Å². The average Bonchev–Trinajstić information content (AvgIpc) is 3.11. The highest BCUT2D eigenvalue weighted by Gasteiger charge is 2.34. The normalized spacial score (nSPS) is 16.1. The van der Waals surface area contributed by atoms with Gasteiger partial charge in [0.25, 0.3) is 5.91 Å². The zero-order chi connectivity index (χ0) is 20.4. The van der Waals surface area contributed by atoms with Gasteiger partial charge in [0.15, 0.2) is 0 Å². The Labute approximate surface area is 170 Å². The molecule has 0 spiro atoms. The van der Waals surface area contributed by atoms with Gasteiger partial charge in [-0.2, -0.15) is 0 Å². The maximum atomic E-state index is 13.8. The molecule has 0 radical (unpaired) electrons. The topological polar surface area (TPSA) is 49.4 Å². The van der Waals surface area contributed by atoms with Crippen LogP contribution in [0.5, 0.6) is 0 Å². The number of thioether (sulfide) groups is 1. The van der Waals surface area contributed by atoms with Gasteiger partial charge in [0, 0.05) is 11.4 Å². The highest BCUT2D eigenvalue weighted by Crippen LogP contribution is 2.41. The predicted octanol–water partition coefficient (Wildman–Crippen LogP) is 5.00. The molecule has 1 N–H and O–H groups in total. The molecule has 0 unspecified atom stereocenters. The van der Waals surface area contributed by atoms with Crippen molar-refractivity contribution in [3.8, 4) is 0 Å². The van der Waals surface area contributed by atoms with E-state index in [1.165, 1.54) is 42.1 Å². The Balaban J connectivity index is 1.52. The van der Waals surface area contributed by atoms with Crippen LogP contribution in [0, 0.1) is 11.6 Å². The van der Waals surface area contributed by atoms with Gasteiger partial charge in [-0.25, -0.2) is 8.78 Å². The number of nitrogens with zero attached hydrogens (tertiary/aromatic N) is 1. The second kappa shape index (κ2) is 8.05. The van der Waals surface area contributed by atoms with Gasteiger partial charge in [0.2, 0.25) is 5.91 Å². The van der Waals surface area contributed by atoms with E-state index in [1.807, 2.05) is 12.1 Å². The number of hydrogen-bond donors (Lipinski definition) is 1. The predicted molar refractivity (Wildman–Crippen MR) is 110 cm³/mol. The number of amides is 2. The third-order valence-electron chi connectivity index (χ3n) is 4.54. The minimum atomic E-state index is -0.586. The summed E-state index contributed by atoms with van der Waals surface area (Å²) in [6.07, 6.45) is 0. The molecule has 1 aliphatic heterocycles. The Hall–Kier alpha value is -3.19. The zero-order valence-corrected chi connectivity index (χ0v) is 16.0. The molecule has 1 saturated heterocycles. The summed E-state index contributed by atoms with van der Waals surface area (Å²) in [4.78, 5) is 26.2. The number of carbonyl (C=O) groups is 2. The molecule has 3 aromatic carbocycles. The molecule has 1 aliphatic rings. The van der Waals surface area contributed by atoms with Crippen molar-refractivity contribution in [2.24, 2.45) is 0 Å². The molecule has 7 heteroatoms. The van der Waals surface area contributed by atoms with Crippen LogP contribution in [-0.2, 0) is 4.79 Å². The fourth-order valence-electron chi connectivity index (χ4n) is 3.13. The van der Waals surface area contributed by atoms with Gasteiger partial charge in [-0.1, -0.05) is 24.3 Å². The van der Waals surface area contributed by atoms with Crippen LogP contribution in [0.3, 0.4) is 0 Å². The molecular weight excluding hydrogens is 394 g/mol. The van der Waals surface area contributed by atoms with Crippen LogP contribution in [-0.4, -0.2) is 17.6 Å². The molecule has 146 valence electrons. The van der Waals surface area contributed by atoms with Gasteiger partial charge in [-0.15, -0.1) is 11.8 Å². The summed E-state index contributed by atoms with van der Waals surface area (Å²) in [6, 6.07) is 18.6. The van der Waals surface area contributed by atoms with Crippen molar-refractivity contribution in [2.75, 3.05) is 16.0 Å². The summed E-state index contributed by atoms with van der Waals surface area (Å²) < 4.78 is 27.0. The van der Waals surface area contributed by atoms with Crippen molar-refractivity contribution >= 4 is 35.0 Å². The van der Waals surface area contributed by atoms with Crippen molar-refractivity contribution in [3.05, 3.63) is 95.6 Å². The van der Waals surface area contributed by atoms with E-state index < -0.39 is 11.7 Å². The van der Waals surface area contributed by atoms with Crippen LogP contribution >= 0.6 is 11.8 Å². The molecule has 0 aliphatic carbocycles. The smallest absolute Gasteiger partial charge is 0.258 e. The summed E-state index contributed by atoms with van der Waals surface area (Å²) in [5.41, 5.74) is 1.98. The Bertz CT molecular complexity index is 1060. The van der Waals surface area contributed by atoms with Gasteiger partial charge >= 0.3 is 0 Å². The van der Waals surface area contributed by atoms with E-state index in [4.69, 9.17) is 0 Å². The molecule has 4 rings (SSSR count). The van der Waals surface area contributed by atoms with Crippen LogP contribution in [0.1, 0.15) is 21.3 Å². The minimum absolute atomic E-state index is 0.0315. The van der Waals surface area contributed by atoms with Crippen LogP contribution in [0.2, 0.25) is 0 Å². The van der Waals surface area contributed by atoms with Gasteiger partial charge in [0.05, 0.1) is 11.3 Å². The molecule has 2 amide bonds. The molecule has 1 heterocycles. The number of carbonyl (C=O) groups excluding carboxylic acids is 2. The fraction of sp³-hybridized carbons (Fsp3) is 0.0909. The lowest BCUT2D eigenvalue weighted by molar-refractivity contribution is -0.115. The monoisotopic (exact) mass is 410 g/mol. The van der Waals surface area contributed by atoms with E-state index in [9.17, 15) is 18.4 Å². The minimum Gasteiger partial charge on any atom is -0.322 e. The first-order chi connectivity index (χ1) is 14.0. The van der Waals surface area contributed by atoms with E-state index in [1.54, 1.807) is 35.2 Å². The number of hydrogen-bond acceptors (Lipinski definition) is 3. The quantitative estimate of drug-likeness (QED) is 0.659. The Morgan fingerprint density at radius 3 is 2.34 bits per heavy atom. The molecule has 4 nitrogen and oxygen atoms in total. The fourth-order valence-corrected chi connectivity index (χ4v) is 4.30. The van der Waals surface area contributed by atoms with Crippen LogP contribution < -0.4 is 10.2 Å². The zero-order valence-electron chi connectivity index (χ0n) is 15.1. The van der Waals surface area contributed by atoms with Gasteiger partial charge in [-0.05, 0) is 54.1 Å². The lowest BCUT2D eigenvalue weighted by atomic mass is 10.1. The number of halogens is 2. The summed E-state index contributed by atoms with van der Waals surface area (Å²) in [6.45, 7) is 0. The maximum absolute atomic E-state index is 13.8. The summed E-state index contributed by atoms with van der Waals surface area (Å²) in [7, 11) is 0. The Kier molecular flexibility index (Phi) is 5.31. The molecule has 0 bridgehead atoms. The van der Waals surface area contributed by atoms with Gasteiger partial charge in [-0.3, -0.25) is 14.5 Å². The number of benzene rings is 3. The largest absolute Gasteiger partial charge is 0.322 e. The first-order valence-corrected chi connectivity index (χ1v) is 9.93. The van der Waals surface area contributed by atoms with Gasteiger partial charge < -0.3 is 5.32 Å². The van der Waals surface area contributed by atoms with Crippen molar-refractivity contribution in [1.82, 2.24) is 0 Å². The Morgan fingerprint density at radius 2 is 1.66 bits per heavy atom. The summed E-state index contributed by atoms with van der Waals surface area (Å²) in [5.74, 6) is -1.21. The molecular formula is C22H16F2N2O2S. The second-order valence-electron chi connectivity index (χ2n) is 6.46. The number of rotatable bonds is 4. The third kappa shape index (κ3) is 4.00. The number of nitrogens with one attached hydrogen (secondary N) is 1. The van der Waals surface area contributed by atoms with E-state index in [0.29, 0.717) is 17.1 Å². The SMILES string of the molecule is O=C(Nc1ccc([C@@H]2SCC(=O)N2c2ccc(F)cc2)cc1)c1ccccc1F. The highest BCUT2D eigenvalue weighted by atomic mass is 32.2. The molecule has 1 atom stereocenters.